The Morgan fingerprint density at radius 3 is 2.67 bits per heavy atom. The summed E-state index contributed by atoms with van der Waals surface area (Å²) in [5.41, 5.74) is 1.54. The van der Waals surface area contributed by atoms with Crippen molar-refractivity contribution in [2.24, 2.45) is 5.92 Å². The van der Waals surface area contributed by atoms with E-state index in [1.54, 1.807) is 0 Å². The number of hydrogen-bond acceptors (Lipinski definition) is 3. The number of carboxylic acid groups (broad SMARTS) is 1. The summed E-state index contributed by atoms with van der Waals surface area (Å²) in [6.45, 7) is 2.61. The van der Waals surface area contributed by atoms with Crippen molar-refractivity contribution in [2.45, 2.75) is 58.3 Å². The Kier molecular flexibility index (Phi) is 7.09. The van der Waals surface area contributed by atoms with E-state index in [0.29, 0.717) is 24.5 Å². The molecule has 5 nitrogen and oxygen atoms in total. The van der Waals surface area contributed by atoms with Gasteiger partial charge in [-0.2, -0.15) is 0 Å². The number of nitrogens with one attached hydrogen (secondary N) is 1. The average molecular weight is 333 g/mol. The number of carbonyl (C=O) groups is 2. The van der Waals surface area contributed by atoms with E-state index >= 15 is 0 Å². The summed E-state index contributed by atoms with van der Waals surface area (Å²) in [5.74, 6) is -0.0546. The van der Waals surface area contributed by atoms with E-state index in [9.17, 15) is 9.59 Å². The van der Waals surface area contributed by atoms with Gasteiger partial charge in [0.25, 0.3) is 0 Å². The van der Waals surface area contributed by atoms with Crippen LogP contribution < -0.4 is 10.1 Å². The Morgan fingerprint density at radius 1 is 1.25 bits per heavy atom. The standard InChI is InChI=1S/C19H27NO4/c1-2-12-24-17-10-8-14(9-11-18(21)22)13-16(17)20-19(23)15-6-4-3-5-7-15/h8,10,13,15H,2-7,9,11-12H2,1H3,(H,20,23)(H,21,22). The van der Waals surface area contributed by atoms with Crippen molar-refractivity contribution in [1.29, 1.82) is 0 Å². The molecule has 1 aliphatic carbocycles. The molecule has 24 heavy (non-hydrogen) atoms. The molecule has 2 N–H and O–H groups in total. The Labute approximate surface area is 143 Å². The fourth-order valence-corrected chi connectivity index (χ4v) is 3.02. The van der Waals surface area contributed by atoms with Gasteiger partial charge < -0.3 is 15.2 Å². The number of aryl methyl sites for hydroxylation is 1. The van der Waals surface area contributed by atoms with Crippen LogP contribution in [-0.2, 0) is 16.0 Å². The summed E-state index contributed by atoms with van der Waals surface area (Å²) in [7, 11) is 0. The van der Waals surface area contributed by atoms with Crippen molar-refractivity contribution in [2.75, 3.05) is 11.9 Å². The summed E-state index contributed by atoms with van der Waals surface area (Å²) < 4.78 is 5.72. The fraction of sp³-hybridized carbons (Fsp3) is 0.579. The van der Waals surface area contributed by atoms with Crippen LogP contribution in [-0.4, -0.2) is 23.6 Å². The molecule has 1 amide bonds. The van der Waals surface area contributed by atoms with Crippen LogP contribution in [0, 0.1) is 5.92 Å². The van der Waals surface area contributed by atoms with Crippen molar-refractivity contribution in [1.82, 2.24) is 0 Å². The molecule has 0 spiro atoms. The number of amides is 1. The van der Waals surface area contributed by atoms with E-state index < -0.39 is 5.97 Å². The van der Waals surface area contributed by atoms with Gasteiger partial charge in [0, 0.05) is 12.3 Å². The average Bonchev–Trinajstić information content (AvgIpc) is 2.59. The molecule has 1 aromatic carbocycles. The fourth-order valence-electron chi connectivity index (χ4n) is 3.02. The number of anilines is 1. The zero-order valence-corrected chi connectivity index (χ0v) is 14.3. The van der Waals surface area contributed by atoms with Gasteiger partial charge in [0.1, 0.15) is 5.75 Å². The Bertz CT molecular complexity index is 564. The molecule has 2 rings (SSSR count). The van der Waals surface area contributed by atoms with Crippen LogP contribution in [0.25, 0.3) is 0 Å². The number of hydrogen-bond donors (Lipinski definition) is 2. The quantitative estimate of drug-likeness (QED) is 0.753. The van der Waals surface area contributed by atoms with Crippen LogP contribution in [0.3, 0.4) is 0 Å². The molecule has 1 saturated carbocycles. The second kappa shape index (κ2) is 9.30. The molecule has 1 fully saturated rings. The van der Waals surface area contributed by atoms with E-state index in [4.69, 9.17) is 9.84 Å². The van der Waals surface area contributed by atoms with Gasteiger partial charge in [0.2, 0.25) is 5.91 Å². The summed E-state index contributed by atoms with van der Waals surface area (Å²) in [5, 5.41) is 11.8. The van der Waals surface area contributed by atoms with Gasteiger partial charge >= 0.3 is 5.97 Å². The molecule has 132 valence electrons. The number of rotatable bonds is 8. The maximum absolute atomic E-state index is 12.5. The zero-order chi connectivity index (χ0) is 17.4. The van der Waals surface area contributed by atoms with Gasteiger partial charge in [-0.1, -0.05) is 32.3 Å². The minimum atomic E-state index is -0.825. The molecule has 0 unspecified atom stereocenters. The van der Waals surface area contributed by atoms with Gasteiger partial charge in [-0.15, -0.1) is 0 Å². The lowest BCUT2D eigenvalue weighted by Crippen LogP contribution is -2.25. The van der Waals surface area contributed by atoms with Gasteiger partial charge in [-0.3, -0.25) is 9.59 Å². The van der Waals surface area contributed by atoms with Crippen LogP contribution >= 0.6 is 0 Å². The molecule has 0 bridgehead atoms. The first kappa shape index (κ1) is 18.3. The van der Waals surface area contributed by atoms with Gasteiger partial charge in [0.15, 0.2) is 0 Å². The maximum Gasteiger partial charge on any atom is 0.303 e. The second-order valence-electron chi connectivity index (χ2n) is 6.40. The highest BCUT2D eigenvalue weighted by Gasteiger charge is 2.22. The van der Waals surface area contributed by atoms with Gasteiger partial charge in [-0.05, 0) is 43.4 Å². The lowest BCUT2D eigenvalue weighted by molar-refractivity contribution is -0.137. The minimum Gasteiger partial charge on any atom is -0.491 e. The Morgan fingerprint density at radius 2 is 2.00 bits per heavy atom. The number of ether oxygens (including phenoxy) is 1. The topological polar surface area (TPSA) is 75.6 Å². The highest BCUT2D eigenvalue weighted by atomic mass is 16.5. The Hall–Kier alpha value is -2.04. The number of carbonyl (C=O) groups excluding carboxylic acids is 1. The predicted molar refractivity (Wildman–Crippen MR) is 93.4 cm³/mol. The molecule has 0 aromatic heterocycles. The van der Waals surface area contributed by atoms with E-state index in [1.165, 1.54) is 6.42 Å². The molecule has 1 aliphatic rings. The summed E-state index contributed by atoms with van der Waals surface area (Å²) in [4.78, 5) is 23.3. The van der Waals surface area contributed by atoms with Gasteiger partial charge in [-0.25, -0.2) is 0 Å². The van der Waals surface area contributed by atoms with Crippen molar-refractivity contribution in [3.05, 3.63) is 23.8 Å². The summed E-state index contributed by atoms with van der Waals surface area (Å²) in [6.07, 6.45) is 6.70. The van der Waals surface area contributed by atoms with Crippen LogP contribution in [0.2, 0.25) is 0 Å². The van der Waals surface area contributed by atoms with Crippen LogP contribution in [0.5, 0.6) is 5.75 Å². The monoisotopic (exact) mass is 333 g/mol. The zero-order valence-electron chi connectivity index (χ0n) is 14.3. The van der Waals surface area contributed by atoms with Crippen molar-refractivity contribution in [3.63, 3.8) is 0 Å². The number of aliphatic carboxylic acids is 1. The SMILES string of the molecule is CCCOc1ccc(CCC(=O)O)cc1NC(=O)C1CCCCC1. The highest BCUT2D eigenvalue weighted by molar-refractivity contribution is 5.94. The smallest absolute Gasteiger partial charge is 0.303 e. The molecule has 0 aliphatic heterocycles. The highest BCUT2D eigenvalue weighted by Crippen LogP contribution is 2.30. The lowest BCUT2D eigenvalue weighted by Gasteiger charge is -2.22. The van der Waals surface area contributed by atoms with Crippen molar-refractivity contribution in [3.8, 4) is 5.75 Å². The molecular weight excluding hydrogens is 306 g/mol. The molecule has 5 heteroatoms. The molecule has 0 atom stereocenters. The van der Waals surface area contributed by atoms with Crippen LogP contribution in [0.4, 0.5) is 5.69 Å². The summed E-state index contributed by atoms with van der Waals surface area (Å²) in [6, 6.07) is 5.53. The molecule has 0 saturated heterocycles. The van der Waals surface area contributed by atoms with E-state index in [1.807, 2.05) is 25.1 Å². The van der Waals surface area contributed by atoms with Crippen LogP contribution in [0.15, 0.2) is 18.2 Å². The van der Waals surface area contributed by atoms with Crippen molar-refractivity contribution < 1.29 is 19.4 Å². The predicted octanol–water partition coefficient (Wildman–Crippen LogP) is 4.01. The normalized spacial score (nSPS) is 15.0. The van der Waals surface area contributed by atoms with Crippen LogP contribution in [0.1, 0.15) is 57.4 Å². The van der Waals surface area contributed by atoms with Gasteiger partial charge in [0.05, 0.1) is 12.3 Å². The largest absolute Gasteiger partial charge is 0.491 e. The third-order valence-electron chi connectivity index (χ3n) is 4.37. The number of benzene rings is 1. The molecule has 0 radical (unpaired) electrons. The minimum absolute atomic E-state index is 0.0476. The Balaban J connectivity index is 2.10. The third-order valence-corrected chi connectivity index (χ3v) is 4.37. The first-order valence-corrected chi connectivity index (χ1v) is 8.88. The van der Waals surface area contributed by atoms with E-state index in [0.717, 1.165) is 37.7 Å². The first-order valence-electron chi connectivity index (χ1n) is 8.88. The molecule has 1 aromatic rings. The maximum atomic E-state index is 12.5. The molecule has 0 heterocycles. The lowest BCUT2D eigenvalue weighted by atomic mass is 9.88. The second-order valence-corrected chi connectivity index (χ2v) is 6.40. The number of carboxylic acids is 1. The van der Waals surface area contributed by atoms with E-state index in [2.05, 4.69) is 5.32 Å². The van der Waals surface area contributed by atoms with Crippen molar-refractivity contribution >= 4 is 17.6 Å². The summed E-state index contributed by atoms with van der Waals surface area (Å²) >= 11 is 0. The first-order chi connectivity index (χ1) is 11.6. The molecular formula is C19H27NO4. The third kappa shape index (κ3) is 5.55. The van der Waals surface area contributed by atoms with E-state index in [-0.39, 0.29) is 18.2 Å².